The lowest BCUT2D eigenvalue weighted by molar-refractivity contribution is -0.133. The molecule has 2 aromatic rings. The van der Waals surface area contributed by atoms with Crippen LogP contribution in [-0.2, 0) is 4.79 Å². The van der Waals surface area contributed by atoms with Gasteiger partial charge in [0.15, 0.2) is 0 Å². The Morgan fingerprint density at radius 2 is 1.49 bits per heavy atom. The summed E-state index contributed by atoms with van der Waals surface area (Å²) in [5.74, 6) is 3.38. The molecule has 3 atom stereocenters. The SMILES string of the molecule is Cc1ncnc(C)c1C(=O)N1CC2CN(CCC(c3ccccc3)C3CCN(C(=O)CC4CCCC4)CC3)CC2C1. The van der Waals surface area contributed by atoms with Crippen molar-refractivity contribution in [3.63, 3.8) is 0 Å². The van der Waals surface area contributed by atoms with Crippen LogP contribution in [0.2, 0.25) is 0 Å². The van der Waals surface area contributed by atoms with Gasteiger partial charge < -0.3 is 14.7 Å². The molecule has 7 nitrogen and oxygen atoms in total. The summed E-state index contributed by atoms with van der Waals surface area (Å²) in [5, 5.41) is 0. The van der Waals surface area contributed by atoms with Crippen LogP contribution in [0, 0.1) is 37.5 Å². The molecule has 1 saturated carbocycles. The zero-order valence-corrected chi connectivity index (χ0v) is 25.0. The van der Waals surface area contributed by atoms with Crippen molar-refractivity contribution in [3.8, 4) is 0 Å². The summed E-state index contributed by atoms with van der Waals surface area (Å²) in [5.41, 5.74) is 3.69. The molecule has 4 heterocycles. The van der Waals surface area contributed by atoms with E-state index in [1.807, 2.05) is 18.7 Å². The van der Waals surface area contributed by atoms with Crippen LogP contribution in [0.3, 0.4) is 0 Å². The molecule has 6 rings (SSSR count). The number of hydrogen-bond donors (Lipinski definition) is 0. The Labute approximate surface area is 245 Å². The van der Waals surface area contributed by atoms with Gasteiger partial charge in [-0.3, -0.25) is 9.59 Å². The third-order valence-corrected chi connectivity index (χ3v) is 10.7. The number of carbonyl (C=O) groups excluding carboxylic acids is 2. The molecule has 220 valence electrons. The molecule has 0 spiro atoms. The fraction of sp³-hybridized carbons (Fsp3) is 0.647. The Balaban J connectivity index is 1.02. The summed E-state index contributed by atoms with van der Waals surface area (Å²) < 4.78 is 0. The number of aromatic nitrogens is 2. The van der Waals surface area contributed by atoms with E-state index < -0.39 is 0 Å². The number of nitrogens with zero attached hydrogens (tertiary/aromatic N) is 5. The van der Waals surface area contributed by atoms with Gasteiger partial charge >= 0.3 is 0 Å². The zero-order valence-electron chi connectivity index (χ0n) is 25.0. The topological polar surface area (TPSA) is 69.6 Å². The summed E-state index contributed by atoms with van der Waals surface area (Å²) in [6.45, 7) is 10.6. The first kappa shape index (κ1) is 28.3. The van der Waals surface area contributed by atoms with E-state index in [2.05, 4.69) is 50.1 Å². The smallest absolute Gasteiger partial charge is 0.257 e. The Morgan fingerprint density at radius 3 is 2.12 bits per heavy atom. The summed E-state index contributed by atoms with van der Waals surface area (Å²) >= 11 is 0. The van der Waals surface area contributed by atoms with Crippen LogP contribution in [-0.4, -0.2) is 82.3 Å². The van der Waals surface area contributed by atoms with Crippen LogP contribution < -0.4 is 0 Å². The minimum atomic E-state index is 0.0961. The van der Waals surface area contributed by atoms with Crippen molar-refractivity contribution in [2.45, 2.75) is 71.1 Å². The average Bonchev–Trinajstić information content (AvgIpc) is 3.71. The number of likely N-dealkylation sites (tertiary alicyclic amines) is 3. The predicted molar refractivity (Wildman–Crippen MR) is 161 cm³/mol. The fourth-order valence-electron chi connectivity index (χ4n) is 8.34. The summed E-state index contributed by atoms with van der Waals surface area (Å²) in [4.78, 5) is 41.7. The van der Waals surface area contributed by atoms with Gasteiger partial charge in [0, 0.05) is 45.7 Å². The van der Waals surface area contributed by atoms with Crippen molar-refractivity contribution in [3.05, 3.63) is 59.2 Å². The second-order valence-corrected chi connectivity index (χ2v) is 13.3. The van der Waals surface area contributed by atoms with E-state index in [1.54, 1.807) is 6.33 Å². The summed E-state index contributed by atoms with van der Waals surface area (Å²) in [6, 6.07) is 11.1. The van der Waals surface area contributed by atoms with Gasteiger partial charge in [-0.2, -0.15) is 0 Å². The van der Waals surface area contributed by atoms with Crippen LogP contribution in [0.25, 0.3) is 0 Å². The molecular formula is C34H47N5O2. The van der Waals surface area contributed by atoms with E-state index in [4.69, 9.17) is 0 Å². The zero-order chi connectivity index (χ0) is 28.3. The first-order valence-electron chi connectivity index (χ1n) is 16.1. The molecule has 1 aliphatic carbocycles. The lowest BCUT2D eigenvalue weighted by atomic mass is 9.78. The Hall–Kier alpha value is -2.80. The van der Waals surface area contributed by atoms with Crippen LogP contribution in [0.4, 0.5) is 0 Å². The number of fused-ring (bicyclic) bond motifs is 1. The Bertz CT molecular complexity index is 1170. The number of aryl methyl sites for hydroxylation is 2. The van der Waals surface area contributed by atoms with E-state index in [0.717, 1.165) is 82.9 Å². The van der Waals surface area contributed by atoms with Gasteiger partial charge in [0.05, 0.1) is 17.0 Å². The fourth-order valence-corrected chi connectivity index (χ4v) is 8.34. The maximum atomic E-state index is 13.3. The molecule has 3 aliphatic heterocycles. The van der Waals surface area contributed by atoms with Crippen molar-refractivity contribution in [2.24, 2.45) is 23.7 Å². The highest BCUT2D eigenvalue weighted by atomic mass is 16.2. The largest absolute Gasteiger partial charge is 0.343 e. The monoisotopic (exact) mass is 557 g/mol. The molecule has 3 saturated heterocycles. The van der Waals surface area contributed by atoms with Crippen LogP contribution >= 0.6 is 0 Å². The maximum absolute atomic E-state index is 13.3. The molecule has 2 amide bonds. The van der Waals surface area contributed by atoms with E-state index >= 15 is 0 Å². The summed E-state index contributed by atoms with van der Waals surface area (Å²) in [6.07, 6.45) is 10.8. The lowest BCUT2D eigenvalue weighted by Gasteiger charge is -2.37. The molecule has 4 fully saturated rings. The summed E-state index contributed by atoms with van der Waals surface area (Å²) in [7, 11) is 0. The molecule has 0 radical (unpaired) electrons. The van der Waals surface area contributed by atoms with Crippen LogP contribution in [0.15, 0.2) is 36.7 Å². The van der Waals surface area contributed by atoms with E-state index in [1.165, 1.54) is 31.2 Å². The normalized spacial score (nSPS) is 24.6. The van der Waals surface area contributed by atoms with Crippen molar-refractivity contribution < 1.29 is 9.59 Å². The number of amides is 2. The average molecular weight is 558 g/mol. The highest BCUT2D eigenvalue weighted by Crippen LogP contribution is 2.38. The first-order valence-corrected chi connectivity index (χ1v) is 16.1. The van der Waals surface area contributed by atoms with Crippen molar-refractivity contribution in [1.82, 2.24) is 24.7 Å². The number of benzene rings is 1. The number of carbonyl (C=O) groups is 2. The second-order valence-electron chi connectivity index (χ2n) is 13.3. The van der Waals surface area contributed by atoms with Gasteiger partial charge in [0.1, 0.15) is 6.33 Å². The predicted octanol–water partition coefficient (Wildman–Crippen LogP) is 5.09. The van der Waals surface area contributed by atoms with Crippen molar-refractivity contribution >= 4 is 11.8 Å². The van der Waals surface area contributed by atoms with E-state index in [9.17, 15) is 9.59 Å². The molecular weight excluding hydrogens is 510 g/mol. The van der Waals surface area contributed by atoms with Gasteiger partial charge in [0.25, 0.3) is 5.91 Å². The maximum Gasteiger partial charge on any atom is 0.257 e. The molecule has 4 aliphatic rings. The minimum Gasteiger partial charge on any atom is -0.343 e. The standard InChI is InChI=1S/C34H47N5O2/c1-24-33(25(2)36-23-35-24)34(41)39-21-29-19-37(20-30(29)22-39)15-14-31(27-10-4-3-5-11-27)28-12-16-38(17-13-28)32(40)18-26-8-6-7-9-26/h3-5,10-11,23,26,28-31H,6-9,12-22H2,1-2H3. The lowest BCUT2D eigenvalue weighted by Crippen LogP contribution is -2.40. The number of piperidine rings is 1. The van der Waals surface area contributed by atoms with Gasteiger partial charge in [-0.15, -0.1) is 0 Å². The number of rotatable bonds is 8. The van der Waals surface area contributed by atoms with Gasteiger partial charge in [-0.25, -0.2) is 9.97 Å². The van der Waals surface area contributed by atoms with Crippen LogP contribution in [0.5, 0.6) is 0 Å². The van der Waals surface area contributed by atoms with Crippen molar-refractivity contribution in [1.29, 1.82) is 0 Å². The molecule has 7 heteroatoms. The second kappa shape index (κ2) is 12.6. The molecule has 41 heavy (non-hydrogen) atoms. The first-order chi connectivity index (χ1) is 20.0. The molecule has 0 N–H and O–H groups in total. The van der Waals surface area contributed by atoms with Crippen LogP contribution in [0.1, 0.15) is 84.6 Å². The third kappa shape index (κ3) is 6.35. The quantitative estimate of drug-likeness (QED) is 0.452. The molecule has 0 bridgehead atoms. The molecule has 1 aromatic carbocycles. The molecule has 1 aromatic heterocycles. The van der Waals surface area contributed by atoms with E-state index in [-0.39, 0.29) is 5.91 Å². The van der Waals surface area contributed by atoms with Gasteiger partial charge in [-0.05, 0) is 87.6 Å². The van der Waals surface area contributed by atoms with E-state index in [0.29, 0.717) is 41.1 Å². The highest BCUT2D eigenvalue weighted by molar-refractivity contribution is 5.96. The number of hydrogen-bond acceptors (Lipinski definition) is 5. The van der Waals surface area contributed by atoms with Gasteiger partial charge in [-0.1, -0.05) is 43.2 Å². The Morgan fingerprint density at radius 1 is 0.854 bits per heavy atom. The van der Waals surface area contributed by atoms with Gasteiger partial charge in [0.2, 0.25) is 5.91 Å². The minimum absolute atomic E-state index is 0.0961. The third-order valence-electron chi connectivity index (χ3n) is 10.7. The highest BCUT2D eigenvalue weighted by Gasteiger charge is 2.42. The van der Waals surface area contributed by atoms with Crippen molar-refractivity contribution in [2.75, 3.05) is 45.8 Å². The Kier molecular flexibility index (Phi) is 8.71. The molecule has 3 unspecified atom stereocenters.